The van der Waals surface area contributed by atoms with E-state index in [-0.39, 0.29) is 41.8 Å². The minimum absolute atomic E-state index is 0.0627. The van der Waals surface area contributed by atoms with Crippen molar-refractivity contribution in [2.24, 2.45) is 11.8 Å². The highest BCUT2D eigenvalue weighted by Gasteiger charge is 2.39. The lowest BCUT2D eigenvalue weighted by Crippen LogP contribution is -2.51. The lowest BCUT2D eigenvalue weighted by Gasteiger charge is -2.33. The molecule has 2 aromatic carbocycles. The van der Waals surface area contributed by atoms with Crippen LogP contribution >= 0.6 is 0 Å². The number of aromatic amines is 2. The standard InChI is InChI=1S/C40H50N8O4/c1-24(2)34(45-40(51)52-7)38(49)47-20-8-10-32(47)36-41-23-31(44-36)28-17-14-26(15-18-28)12-13-27-16-19-29-30(22-27)43-37(42-29)33-11-9-21-48(33)39(50)35(25(3)4)46(5)6/h14-19,22-25,32-35H,8-11,20-21H2,1-7H3,(H,41,44)(H,42,43)(H,45,51)/t32-,33-,34-,35+/m0/s1. The molecule has 0 bridgehead atoms. The summed E-state index contributed by atoms with van der Waals surface area (Å²) in [4.78, 5) is 61.2. The summed E-state index contributed by atoms with van der Waals surface area (Å²) in [5, 5.41) is 2.69. The minimum Gasteiger partial charge on any atom is -0.453 e. The van der Waals surface area contributed by atoms with E-state index in [0.29, 0.717) is 6.54 Å². The number of amides is 3. The molecule has 3 amide bonds. The summed E-state index contributed by atoms with van der Waals surface area (Å²) in [6, 6.07) is 12.8. The third-order valence-corrected chi connectivity index (χ3v) is 10.2. The zero-order valence-corrected chi connectivity index (χ0v) is 31.2. The first-order chi connectivity index (χ1) is 24.9. The predicted molar refractivity (Wildman–Crippen MR) is 200 cm³/mol. The Hall–Kier alpha value is -5.15. The van der Waals surface area contributed by atoms with E-state index in [0.717, 1.165) is 77.3 Å². The lowest BCUT2D eigenvalue weighted by molar-refractivity contribution is -0.138. The average molecular weight is 707 g/mol. The van der Waals surface area contributed by atoms with Gasteiger partial charge in [-0.15, -0.1) is 0 Å². The van der Waals surface area contributed by atoms with Crippen LogP contribution < -0.4 is 5.32 Å². The van der Waals surface area contributed by atoms with Crippen LogP contribution in [0.4, 0.5) is 4.79 Å². The van der Waals surface area contributed by atoms with E-state index >= 15 is 0 Å². The summed E-state index contributed by atoms with van der Waals surface area (Å²) in [5.41, 5.74) is 5.32. The number of carbonyl (C=O) groups excluding carboxylic acids is 3. The van der Waals surface area contributed by atoms with E-state index in [1.54, 1.807) is 6.20 Å². The van der Waals surface area contributed by atoms with Crippen LogP contribution in [0.1, 0.15) is 88.2 Å². The van der Waals surface area contributed by atoms with Gasteiger partial charge in [0.1, 0.15) is 17.7 Å². The number of carbonyl (C=O) groups is 3. The molecule has 2 aliphatic heterocycles. The molecule has 0 radical (unpaired) electrons. The smallest absolute Gasteiger partial charge is 0.407 e. The zero-order chi connectivity index (χ0) is 37.1. The number of imidazole rings is 2. The zero-order valence-electron chi connectivity index (χ0n) is 31.2. The lowest BCUT2D eigenvalue weighted by atomic mass is 10.0. The second-order valence-corrected chi connectivity index (χ2v) is 14.8. The van der Waals surface area contributed by atoms with Crippen LogP contribution in [0.2, 0.25) is 0 Å². The molecule has 4 atom stereocenters. The summed E-state index contributed by atoms with van der Waals surface area (Å²) in [6.45, 7) is 9.33. The first kappa shape index (κ1) is 36.6. The van der Waals surface area contributed by atoms with Crippen molar-refractivity contribution in [1.29, 1.82) is 0 Å². The second-order valence-electron chi connectivity index (χ2n) is 14.8. The number of fused-ring (bicyclic) bond motifs is 1. The maximum atomic E-state index is 13.6. The Labute approximate surface area is 305 Å². The topological polar surface area (TPSA) is 140 Å². The van der Waals surface area contributed by atoms with Crippen LogP contribution in [0.3, 0.4) is 0 Å². The van der Waals surface area contributed by atoms with E-state index < -0.39 is 12.1 Å². The quantitative estimate of drug-likeness (QED) is 0.191. The molecule has 2 aliphatic rings. The number of H-pyrrole nitrogens is 2. The van der Waals surface area contributed by atoms with Crippen molar-refractivity contribution < 1.29 is 19.1 Å². The average Bonchev–Trinajstić information content (AvgIpc) is 3.94. The molecule has 0 saturated carbocycles. The van der Waals surface area contributed by atoms with Gasteiger partial charge in [-0.05, 0) is 87.5 Å². The molecule has 52 heavy (non-hydrogen) atoms. The number of benzene rings is 2. The van der Waals surface area contributed by atoms with Gasteiger partial charge in [0.25, 0.3) is 0 Å². The Kier molecular flexibility index (Phi) is 11.0. The number of hydrogen-bond donors (Lipinski definition) is 3. The van der Waals surface area contributed by atoms with Gasteiger partial charge < -0.3 is 29.8 Å². The van der Waals surface area contributed by atoms with Gasteiger partial charge in [0.15, 0.2) is 0 Å². The summed E-state index contributed by atoms with van der Waals surface area (Å²) in [7, 11) is 5.23. The highest BCUT2D eigenvalue weighted by molar-refractivity contribution is 5.86. The van der Waals surface area contributed by atoms with Gasteiger partial charge in [-0.2, -0.15) is 0 Å². The molecule has 2 aromatic heterocycles. The number of alkyl carbamates (subject to hydrolysis) is 1. The van der Waals surface area contributed by atoms with Crippen molar-refractivity contribution in [3.8, 4) is 23.1 Å². The summed E-state index contributed by atoms with van der Waals surface area (Å²) < 4.78 is 4.75. The number of aromatic nitrogens is 4. The normalized spacial score (nSPS) is 18.6. The molecule has 0 unspecified atom stereocenters. The van der Waals surface area contributed by atoms with Crippen molar-refractivity contribution >= 4 is 28.9 Å². The minimum atomic E-state index is -0.680. The molecule has 274 valence electrons. The highest BCUT2D eigenvalue weighted by Crippen LogP contribution is 2.34. The number of rotatable bonds is 9. The molecule has 12 heteroatoms. The van der Waals surface area contributed by atoms with Crippen molar-refractivity contribution in [2.45, 2.75) is 77.5 Å². The van der Waals surface area contributed by atoms with E-state index in [1.165, 1.54) is 7.11 Å². The third kappa shape index (κ3) is 7.70. The number of likely N-dealkylation sites (tertiary alicyclic amines) is 2. The van der Waals surface area contributed by atoms with Crippen molar-refractivity contribution in [2.75, 3.05) is 34.3 Å². The van der Waals surface area contributed by atoms with Gasteiger partial charge in [-0.3, -0.25) is 14.5 Å². The Morgan fingerprint density at radius 2 is 1.50 bits per heavy atom. The number of hydrogen-bond acceptors (Lipinski definition) is 7. The van der Waals surface area contributed by atoms with E-state index in [9.17, 15) is 14.4 Å². The molecule has 2 fully saturated rings. The summed E-state index contributed by atoms with van der Waals surface area (Å²) in [5.74, 6) is 8.25. The van der Waals surface area contributed by atoms with Crippen LogP contribution in [0.15, 0.2) is 48.7 Å². The molecule has 6 rings (SSSR count). The van der Waals surface area contributed by atoms with Crippen molar-refractivity contribution in [1.82, 2.24) is 40.0 Å². The predicted octanol–water partition coefficient (Wildman–Crippen LogP) is 5.65. The number of methoxy groups -OCH3 is 1. The summed E-state index contributed by atoms with van der Waals surface area (Å²) >= 11 is 0. The van der Waals surface area contributed by atoms with Gasteiger partial charge in [-0.25, -0.2) is 14.8 Å². The van der Waals surface area contributed by atoms with Crippen LogP contribution in [0, 0.1) is 23.7 Å². The Bertz CT molecular complexity index is 1960. The van der Waals surface area contributed by atoms with Crippen LogP contribution in [0.25, 0.3) is 22.3 Å². The van der Waals surface area contributed by atoms with Gasteiger partial charge in [-0.1, -0.05) is 51.7 Å². The highest BCUT2D eigenvalue weighted by atomic mass is 16.5. The molecule has 0 spiro atoms. The molecular formula is C40H50N8O4. The Morgan fingerprint density at radius 3 is 2.13 bits per heavy atom. The molecule has 2 saturated heterocycles. The summed E-state index contributed by atoms with van der Waals surface area (Å²) in [6.07, 6.45) is 4.66. The number of nitrogens with zero attached hydrogens (tertiary/aromatic N) is 5. The first-order valence-electron chi connectivity index (χ1n) is 18.2. The van der Waals surface area contributed by atoms with E-state index in [4.69, 9.17) is 9.72 Å². The van der Waals surface area contributed by atoms with Crippen molar-refractivity contribution in [3.05, 3.63) is 71.4 Å². The monoisotopic (exact) mass is 706 g/mol. The number of nitrogens with one attached hydrogen (secondary N) is 3. The number of likely N-dealkylation sites (N-methyl/N-ethyl adjacent to an activating group) is 1. The fourth-order valence-electron chi connectivity index (χ4n) is 7.57. The maximum Gasteiger partial charge on any atom is 0.407 e. The molecule has 4 heterocycles. The SMILES string of the molecule is COC(=O)N[C@H](C(=O)N1CCC[C@H]1c1ncc(-c2ccc(C#Cc3ccc4nc([C@@H]5CCCN5C(=O)[C@@H](C(C)C)N(C)C)[nH]c4c3)cc2)[nH]1)C(C)C. The van der Waals surface area contributed by atoms with Crippen LogP contribution in [-0.4, -0.2) is 98.9 Å². The van der Waals surface area contributed by atoms with Gasteiger partial charge in [0.2, 0.25) is 11.8 Å². The molecule has 0 aliphatic carbocycles. The number of ether oxygens (including phenoxy) is 1. The molecule has 4 aromatic rings. The van der Waals surface area contributed by atoms with Crippen LogP contribution in [0.5, 0.6) is 0 Å². The van der Waals surface area contributed by atoms with Gasteiger partial charge in [0, 0.05) is 24.2 Å². The second kappa shape index (κ2) is 15.6. The van der Waals surface area contributed by atoms with Gasteiger partial charge in [0.05, 0.1) is 48.2 Å². The third-order valence-electron chi connectivity index (χ3n) is 10.2. The van der Waals surface area contributed by atoms with Crippen LogP contribution in [-0.2, 0) is 14.3 Å². The largest absolute Gasteiger partial charge is 0.453 e. The Balaban J connectivity index is 1.13. The fraction of sp³-hybridized carbons (Fsp3) is 0.475. The van der Waals surface area contributed by atoms with E-state index in [2.05, 4.69) is 46.0 Å². The Morgan fingerprint density at radius 1 is 0.865 bits per heavy atom. The molecule has 3 N–H and O–H groups in total. The van der Waals surface area contributed by atoms with E-state index in [1.807, 2.05) is 85.1 Å². The van der Waals surface area contributed by atoms with Crippen molar-refractivity contribution in [3.63, 3.8) is 0 Å². The fourth-order valence-corrected chi connectivity index (χ4v) is 7.57. The maximum absolute atomic E-state index is 13.6. The first-order valence-corrected chi connectivity index (χ1v) is 18.2. The molecule has 12 nitrogen and oxygen atoms in total. The molecular weight excluding hydrogens is 656 g/mol. The van der Waals surface area contributed by atoms with Gasteiger partial charge >= 0.3 is 6.09 Å².